The van der Waals surface area contributed by atoms with Gasteiger partial charge >= 0.3 is 0 Å². The van der Waals surface area contributed by atoms with Crippen LogP contribution in [-0.2, 0) is 44.0 Å². The van der Waals surface area contributed by atoms with Gasteiger partial charge in [0.25, 0.3) is 0 Å². The van der Waals surface area contributed by atoms with Crippen molar-refractivity contribution in [1.82, 2.24) is 0 Å². The minimum Gasteiger partial charge on any atom is -0.394 e. The molecule has 5 rings (SSSR count). The second-order valence-electron chi connectivity index (χ2n) is 14.2. The third-order valence-electron chi connectivity index (χ3n) is 10.5. The smallest absolute Gasteiger partial charge is 0.121 e. The van der Waals surface area contributed by atoms with E-state index in [-0.39, 0.29) is 23.2 Å². The fourth-order valence-corrected chi connectivity index (χ4v) is 18.4. The zero-order valence-electron chi connectivity index (χ0n) is 29.8. The number of aliphatic hydroxyl groups excluding tert-OH is 2. The molecular formula is C41H54O6SSi. The van der Waals surface area contributed by atoms with Crippen molar-refractivity contribution in [3.8, 4) is 0 Å². The minimum absolute atomic E-state index is 0.265. The van der Waals surface area contributed by atoms with Crippen LogP contribution in [0, 0.1) is 0 Å². The molecule has 6 nitrogen and oxygen atoms in total. The highest BCUT2D eigenvalue weighted by Crippen LogP contribution is 2.60. The van der Waals surface area contributed by atoms with Gasteiger partial charge in [0.15, 0.2) is 0 Å². The van der Waals surface area contributed by atoms with Gasteiger partial charge in [-0.25, -0.2) is 0 Å². The Morgan fingerprint density at radius 3 is 1.51 bits per heavy atom. The fourth-order valence-electron chi connectivity index (χ4n) is 8.76. The predicted molar refractivity (Wildman–Crippen MR) is 200 cm³/mol. The summed E-state index contributed by atoms with van der Waals surface area (Å²) in [7, 11) is -2.71. The van der Waals surface area contributed by atoms with Crippen LogP contribution in [0.5, 0.6) is 0 Å². The van der Waals surface area contributed by atoms with Crippen LogP contribution >= 0.6 is 11.3 Å². The molecule has 0 unspecified atom stereocenters. The summed E-state index contributed by atoms with van der Waals surface area (Å²) in [5, 5.41) is 23.5. The van der Waals surface area contributed by atoms with Gasteiger partial charge in [-0.2, -0.15) is 0 Å². The van der Waals surface area contributed by atoms with Crippen LogP contribution in [0.15, 0.2) is 109 Å². The molecule has 0 bridgehead atoms. The lowest BCUT2D eigenvalue weighted by atomic mass is 9.90. The maximum absolute atomic E-state index is 11.7. The monoisotopic (exact) mass is 702 g/mol. The first-order chi connectivity index (χ1) is 23.7. The number of benzene rings is 3. The molecule has 0 amide bonds. The van der Waals surface area contributed by atoms with E-state index in [1.165, 1.54) is 0 Å². The first-order valence-corrected chi connectivity index (χ1v) is 20.7. The van der Waals surface area contributed by atoms with Crippen LogP contribution in [0.4, 0.5) is 0 Å². The summed E-state index contributed by atoms with van der Waals surface area (Å²) in [6, 6.07) is 34.6. The average Bonchev–Trinajstić information content (AvgIpc) is 3.66. The first-order valence-electron chi connectivity index (χ1n) is 17.6. The second-order valence-corrected chi connectivity index (χ2v) is 21.2. The Morgan fingerprint density at radius 2 is 1.10 bits per heavy atom. The molecule has 1 fully saturated rings. The van der Waals surface area contributed by atoms with E-state index in [4.69, 9.17) is 18.9 Å². The summed E-state index contributed by atoms with van der Waals surface area (Å²) in [6.45, 7) is 14.5. The molecule has 0 spiro atoms. The highest BCUT2D eigenvalue weighted by molar-refractivity contribution is 7.11. The molecule has 3 aromatic carbocycles. The maximum Gasteiger partial charge on any atom is 0.121 e. The zero-order valence-corrected chi connectivity index (χ0v) is 31.6. The molecule has 8 heteroatoms. The van der Waals surface area contributed by atoms with Gasteiger partial charge in [0.2, 0.25) is 0 Å². The van der Waals surface area contributed by atoms with Crippen molar-refractivity contribution in [1.29, 1.82) is 0 Å². The Bertz CT molecular complexity index is 1500. The number of thiophene rings is 1. The molecule has 0 saturated carbocycles. The molecule has 1 saturated heterocycles. The molecule has 264 valence electrons. The van der Waals surface area contributed by atoms with Crippen LogP contribution in [-0.4, -0.2) is 55.4 Å². The second kappa shape index (κ2) is 17.0. The van der Waals surface area contributed by atoms with Gasteiger partial charge < -0.3 is 29.2 Å². The van der Waals surface area contributed by atoms with E-state index in [0.717, 1.165) is 21.6 Å². The normalized spacial score (nSPS) is 23.7. The van der Waals surface area contributed by atoms with Crippen molar-refractivity contribution in [2.45, 2.75) is 114 Å². The molecule has 4 aromatic rings. The molecule has 0 aliphatic carbocycles. The van der Waals surface area contributed by atoms with E-state index < -0.39 is 50.4 Å². The van der Waals surface area contributed by atoms with Gasteiger partial charge in [0.05, 0.1) is 26.4 Å². The van der Waals surface area contributed by atoms with Gasteiger partial charge in [-0.3, -0.25) is 0 Å². The molecule has 1 aliphatic rings. The molecular weight excluding hydrogens is 649 g/mol. The average molecular weight is 703 g/mol. The quantitative estimate of drug-likeness (QED) is 0.114. The summed E-state index contributed by atoms with van der Waals surface area (Å²) in [5.74, 6) is 0. The van der Waals surface area contributed by atoms with E-state index >= 15 is 0 Å². The summed E-state index contributed by atoms with van der Waals surface area (Å²) < 4.78 is 28.8. The van der Waals surface area contributed by atoms with Crippen molar-refractivity contribution in [2.24, 2.45) is 0 Å². The van der Waals surface area contributed by atoms with Crippen LogP contribution < -0.4 is 0 Å². The number of rotatable bonds is 16. The first kappa shape index (κ1) is 37.6. The van der Waals surface area contributed by atoms with Gasteiger partial charge in [0, 0.05) is 4.88 Å². The van der Waals surface area contributed by atoms with E-state index in [1.54, 1.807) is 11.3 Å². The molecule has 2 heterocycles. The largest absolute Gasteiger partial charge is 0.394 e. The van der Waals surface area contributed by atoms with Crippen LogP contribution in [0.25, 0.3) is 0 Å². The summed E-state index contributed by atoms with van der Waals surface area (Å²) in [5.41, 5.74) is 3.87. The van der Waals surface area contributed by atoms with Crippen molar-refractivity contribution >= 4 is 19.4 Å². The molecule has 49 heavy (non-hydrogen) atoms. The van der Waals surface area contributed by atoms with Gasteiger partial charge in [-0.15, -0.1) is 11.3 Å². The van der Waals surface area contributed by atoms with Crippen molar-refractivity contribution in [2.75, 3.05) is 6.61 Å². The number of hydrogen-bond donors (Lipinski definition) is 2. The lowest BCUT2D eigenvalue weighted by molar-refractivity contribution is -0.301. The van der Waals surface area contributed by atoms with Crippen LogP contribution in [0.1, 0.15) is 63.1 Å². The van der Waals surface area contributed by atoms with Gasteiger partial charge in [0.1, 0.15) is 43.8 Å². The van der Waals surface area contributed by atoms with Gasteiger partial charge in [-0.05, 0) is 44.8 Å². The highest BCUT2D eigenvalue weighted by atomic mass is 32.1. The van der Waals surface area contributed by atoms with E-state index in [1.807, 2.05) is 66.7 Å². The Balaban J connectivity index is 1.76. The molecule has 1 aliphatic heterocycles. The molecule has 1 aromatic heterocycles. The SMILES string of the molecule is CC(C)[Si](C(C)C)(C(C)C)[C@@]1(c2cccs2)O[C@H]([C@H](O)CO)[C@@H](OCc2ccccc2)[C@H](OCc2ccccc2)[C@@H]1OCc1ccccc1. The van der Waals surface area contributed by atoms with Crippen molar-refractivity contribution in [3.05, 3.63) is 130 Å². The Morgan fingerprint density at radius 1 is 0.653 bits per heavy atom. The molecule has 2 N–H and O–H groups in total. The summed E-state index contributed by atoms with van der Waals surface area (Å²) in [6.07, 6.45) is -4.11. The molecule has 6 atom stereocenters. The van der Waals surface area contributed by atoms with Crippen molar-refractivity contribution in [3.63, 3.8) is 0 Å². The number of hydrogen-bond acceptors (Lipinski definition) is 7. The zero-order chi connectivity index (χ0) is 35.0. The van der Waals surface area contributed by atoms with E-state index in [9.17, 15) is 10.2 Å². The maximum atomic E-state index is 11.7. The fraction of sp³-hybridized carbons (Fsp3) is 0.463. The standard InChI is InChI=1S/C41H54O6SSi/c1-29(2)49(30(3)4,31(5)6)41(36-23-16-24-48-36)40(46-28-34-21-14-9-15-22-34)39(45-27-33-19-12-8-13-20-33)38(37(47-41)35(43)25-42)44-26-32-17-10-7-11-18-32/h7-24,29-31,35,37-40,42-43H,25-28H2,1-6H3/t35-,37-,38-,39+,40+,41-/m1/s1. The predicted octanol–water partition coefficient (Wildman–Crippen LogP) is 8.67. The highest BCUT2D eigenvalue weighted by Gasteiger charge is 2.71. The number of ether oxygens (including phenoxy) is 4. The summed E-state index contributed by atoms with van der Waals surface area (Å²) >= 11 is 1.67. The topological polar surface area (TPSA) is 77.4 Å². The van der Waals surface area contributed by atoms with Crippen molar-refractivity contribution < 1.29 is 29.2 Å². The Kier molecular flexibility index (Phi) is 13.1. The van der Waals surface area contributed by atoms with Gasteiger partial charge in [-0.1, -0.05) is 139 Å². The van der Waals surface area contributed by atoms with Crippen LogP contribution in [0.3, 0.4) is 0 Å². The van der Waals surface area contributed by atoms with Crippen LogP contribution in [0.2, 0.25) is 16.6 Å². The molecule has 0 radical (unpaired) electrons. The lowest BCUT2D eigenvalue weighted by Crippen LogP contribution is -2.77. The Hall–Kier alpha value is -2.66. The summed E-state index contributed by atoms with van der Waals surface area (Å²) in [4.78, 5) is 1.07. The third-order valence-corrected chi connectivity index (χ3v) is 19.3. The minimum atomic E-state index is -2.71. The van der Waals surface area contributed by atoms with E-state index in [0.29, 0.717) is 13.2 Å². The third kappa shape index (κ3) is 7.67. The van der Waals surface area contributed by atoms with E-state index in [2.05, 4.69) is 83.3 Å². The Labute approximate surface area is 298 Å². The number of aliphatic hydroxyl groups is 2. The lowest BCUT2D eigenvalue weighted by Gasteiger charge is -2.63.